The van der Waals surface area contributed by atoms with Crippen LogP contribution in [0, 0.1) is 17.8 Å². The summed E-state index contributed by atoms with van der Waals surface area (Å²) < 4.78 is 0. The van der Waals surface area contributed by atoms with Gasteiger partial charge in [-0.05, 0) is 80.5 Å². The van der Waals surface area contributed by atoms with Gasteiger partial charge in [-0.25, -0.2) is 0 Å². The maximum Gasteiger partial charge on any atom is 0.0314 e. The molecular formula is C18H26N2. The van der Waals surface area contributed by atoms with E-state index in [0.29, 0.717) is 5.41 Å². The van der Waals surface area contributed by atoms with E-state index in [-0.39, 0.29) is 0 Å². The molecule has 3 aliphatic rings. The SMILES string of the molecule is Nc1ccc(C2(CNCC(C3CC3)C3CC3)CC2)cc1. The van der Waals surface area contributed by atoms with Crippen LogP contribution in [0.2, 0.25) is 0 Å². The molecule has 0 atom stereocenters. The summed E-state index contributed by atoms with van der Waals surface area (Å²) in [5.41, 5.74) is 8.57. The average Bonchev–Trinajstić information content (AvgIpc) is 3.30. The van der Waals surface area contributed by atoms with Crippen LogP contribution in [0.1, 0.15) is 44.1 Å². The fourth-order valence-electron chi connectivity index (χ4n) is 3.80. The molecule has 1 aromatic carbocycles. The van der Waals surface area contributed by atoms with Gasteiger partial charge >= 0.3 is 0 Å². The molecule has 0 radical (unpaired) electrons. The van der Waals surface area contributed by atoms with Gasteiger partial charge in [0.2, 0.25) is 0 Å². The second kappa shape index (κ2) is 4.77. The van der Waals surface area contributed by atoms with E-state index in [9.17, 15) is 0 Å². The van der Waals surface area contributed by atoms with E-state index in [2.05, 4.69) is 17.4 Å². The summed E-state index contributed by atoms with van der Waals surface area (Å²) in [6.45, 7) is 2.42. The predicted molar refractivity (Wildman–Crippen MR) is 83.6 cm³/mol. The Morgan fingerprint density at radius 3 is 2.15 bits per heavy atom. The minimum atomic E-state index is 0.422. The number of nitrogen functional groups attached to an aromatic ring is 1. The van der Waals surface area contributed by atoms with Crippen molar-refractivity contribution in [3.8, 4) is 0 Å². The summed E-state index contributed by atoms with van der Waals surface area (Å²) in [5, 5.41) is 3.81. The van der Waals surface area contributed by atoms with E-state index in [0.717, 1.165) is 30.0 Å². The van der Waals surface area contributed by atoms with Gasteiger partial charge in [0.05, 0.1) is 0 Å². The minimum Gasteiger partial charge on any atom is -0.399 e. The van der Waals surface area contributed by atoms with Crippen LogP contribution >= 0.6 is 0 Å². The molecule has 4 rings (SSSR count). The van der Waals surface area contributed by atoms with Crippen LogP contribution in [0.15, 0.2) is 24.3 Å². The molecule has 0 spiro atoms. The Labute approximate surface area is 122 Å². The molecule has 0 bridgehead atoms. The van der Waals surface area contributed by atoms with Crippen LogP contribution in [-0.4, -0.2) is 13.1 Å². The molecule has 3 aliphatic carbocycles. The number of rotatable bonds is 7. The Morgan fingerprint density at radius 2 is 1.65 bits per heavy atom. The van der Waals surface area contributed by atoms with Gasteiger partial charge in [0, 0.05) is 17.6 Å². The van der Waals surface area contributed by atoms with Gasteiger partial charge in [0.25, 0.3) is 0 Å². The number of nitrogens with two attached hydrogens (primary N) is 1. The van der Waals surface area contributed by atoms with Gasteiger partial charge in [-0.2, -0.15) is 0 Å². The van der Waals surface area contributed by atoms with E-state index in [1.54, 1.807) is 0 Å². The molecule has 0 unspecified atom stereocenters. The van der Waals surface area contributed by atoms with Crippen molar-refractivity contribution in [1.82, 2.24) is 5.32 Å². The molecule has 2 heteroatoms. The number of nitrogens with one attached hydrogen (secondary N) is 1. The standard InChI is InChI=1S/C18H26N2/c19-16-7-5-15(6-8-16)18(9-10-18)12-20-11-17(13-1-2-13)14-3-4-14/h5-8,13-14,17,20H,1-4,9-12,19H2. The third-order valence-electron chi connectivity index (χ3n) is 5.68. The molecule has 108 valence electrons. The van der Waals surface area contributed by atoms with Gasteiger partial charge in [-0.15, -0.1) is 0 Å². The molecule has 0 amide bonds. The lowest BCUT2D eigenvalue weighted by Gasteiger charge is -2.21. The second-order valence-corrected chi connectivity index (χ2v) is 7.37. The summed E-state index contributed by atoms with van der Waals surface area (Å²) in [6, 6.07) is 8.55. The highest BCUT2D eigenvalue weighted by Gasteiger charge is 2.45. The highest BCUT2D eigenvalue weighted by atomic mass is 14.9. The monoisotopic (exact) mass is 270 g/mol. The molecule has 0 heterocycles. The number of hydrogen-bond acceptors (Lipinski definition) is 2. The lowest BCUT2D eigenvalue weighted by Crippen LogP contribution is -2.32. The summed E-state index contributed by atoms with van der Waals surface area (Å²) in [4.78, 5) is 0. The lowest BCUT2D eigenvalue weighted by molar-refractivity contribution is 0.371. The van der Waals surface area contributed by atoms with E-state index in [4.69, 9.17) is 5.73 Å². The van der Waals surface area contributed by atoms with Crippen LogP contribution in [0.5, 0.6) is 0 Å². The van der Waals surface area contributed by atoms with Crippen LogP contribution in [0.25, 0.3) is 0 Å². The Balaban J connectivity index is 1.33. The van der Waals surface area contributed by atoms with Gasteiger partial charge in [0.1, 0.15) is 0 Å². The smallest absolute Gasteiger partial charge is 0.0314 e. The lowest BCUT2D eigenvalue weighted by atomic mass is 9.94. The van der Waals surface area contributed by atoms with Gasteiger partial charge in [-0.1, -0.05) is 12.1 Å². The summed E-state index contributed by atoms with van der Waals surface area (Å²) in [7, 11) is 0. The molecule has 3 fully saturated rings. The second-order valence-electron chi connectivity index (χ2n) is 7.37. The zero-order valence-electron chi connectivity index (χ0n) is 12.3. The first-order chi connectivity index (χ1) is 9.77. The molecular weight excluding hydrogens is 244 g/mol. The Hall–Kier alpha value is -1.02. The van der Waals surface area contributed by atoms with Crippen molar-refractivity contribution in [2.75, 3.05) is 18.8 Å². The molecule has 2 nitrogen and oxygen atoms in total. The Kier molecular flexibility index (Phi) is 3.03. The van der Waals surface area contributed by atoms with Crippen molar-refractivity contribution < 1.29 is 0 Å². The van der Waals surface area contributed by atoms with Crippen LogP contribution < -0.4 is 11.1 Å². The van der Waals surface area contributed by atoms with Crippen molar-refractivity contribution in [1.29, 1.82) is 0 Å². The molecule has 0 aromatic heterocycles. The molecule has 3 N–H and O–H groups in total. The van der Waals surface area contributed by atoms with Crippen LogP contribution in [-0.2, 0) is 5.41 Å². The summed E-state index contributed by atoms with van der Waals surface area (Å²) in [6.07, 6.45) is 8.64. The van der Waals surface area contributed by atoms with E-state index in [1.807, 2.05) is 12.1 Å². The Morgan fingerprint density at radius 1 is 1.05 bits per heavy atom. The van der Waals surface area contributed by atoms with E-state index < -0.39 is 0 Å². The predicted octanol–water partition coefficient (Wildman–Crippen LogP) is 3.33. The van der Waals surface area contributed by atoms with Gasteiger partial charge < -0.3 is 11.1 Å². The molecule has 0 aliphatic heterocycles. The molecule has 3 saturated carbocycles. The van der Waals surface area contributed by atoms with E-state index >= 15 is 0 Å². The highest BCUT2D eigenvalue weighted by Crippen LogP contribution is 2.50. The maximum absolute atomic E-state index is 5.80. The summed E-state index contributed by atoms with van der Waals surface area (Å²) >= 11 is 0. The quantitative estimate of drug-likeness (QED) is 0.746. The largest absolute Gasteiger partial charge is 0.399 e. The maximum atomic E-state index is 5.80. The fourth-order valence-corrected chi connectivity index (χ4v) is 3.80. The third kappa shape index (κ3) is 2.58. The first-order valence-corrected chi connectivity index (χ1v) is 8.34. The Bertz CT molecular complexity index is 455. The van der Waals surface area contributed by atoms with Gasteiger partial charge in [0.15, 0.2) is 0 Å². The third-order valence-corrected chi connectivity index (χ3v) is 5.68. The average molecular weight is 270 g/mol. The first kappa shape index (κ1) is 12.7. The van der Waals surface area contributed by atoms with Crippen LogP contribution in [0.4, 0.5) is 5.69 Å². The summed E-state index contributed by atoms with van der Waals surface area (Å²) in [5.74, 6) is 3.10. The van der Waals surface area contributed by atoms with Gasteiger partial charge in [-0.3, -0.25) is 0 Å². The van der Waals surface area contributed by atoms with Crippen molar-refractivity contribution in [3.05, 3.63) is 29.8 Å². The number of hydrogen-bond donors (Lipinski definition) is 2. The van der Waals surface area contributed by atoms with Crippen molar-refractivity contribution in [3.63, 3.8) is 0 Å². The molecule has 20 heavy (non-hydrogen) atoms. The van der Waals surface area contributed by atoms with Crippen molar-refractivity contribution in [2.24, 2.45) is 17.8 Å². The molecule has 1 aromatic rings. The number of anilines is 1. The fraction of sp³-hybridized carbons (Fsp3) is 0.667. The number of benzene rings is 1. The first-order valence-electron chi connectivity index (χ1n) is 8.34. The van der Waals surface area contributed by atoms with Crippen LogP contribution in [0.3, 0.4) is 0 Å². The van der Waals surface area contributed by atoms with Crippen molar-refractivity contribution in [2.45, 2.75) is 43.9 Å². The highest BCUT2D eigenvalue weighted by molar-refractivity contribution is 5.43. The zero-order chi connectivity index (χ0) is 13.6. The van der Waals surface area contributed by atoms with Crippen molar-refractivity contribution >= 4 is 5.69 Å². The molecule has 0 saturated heterocycles. The topological polar surface area (TPSA) is 38.0 Å². The minimum absolute atomic E-state index is 0.422. The normalized spacial score (nSPS) is 24.1. The van der Waals surface area contributed by atoms with E-state index in [1.165, 1.54) is 50.6 Å². The zero-order valence-corrected chi connectivity index (χ0v) is 12.3.